The standard InChI is InChI=1S/C9H10ClNO3/c1-2-3-7(9(13)14)11-5-6(10)4-8(11)12/h1,6-7H,3-5H2,(H,13,14). The van der Waals surface area contributed by atoms with Gasteiger partial charge in [0.05, 0.1) is 5.38 Å². The maximum absolute atomic E-state index is 11.3. The Bertz CT molecular complexity index is 297. The van der Waals surface area contributed by atoms with Crippen molar-refractivity contribution >= 4 is 23.5 Å². The number of halogens is 1. The van der Waals surface area contributed by atoms with Crippen LogP contribution in [0.15, 0.2) is 0 Å². The van der Waals surface area contributed by atoms with Gasteiger partial charge in [0.25, 0.3) is 0 Å². The summed E-state index contributed by atoms with van der Waals surface area (Å²) in [6.45, 7) is 0.263. The molecule has 0 aromatic heterocycles. The van der Waals surface area contributed by atoms with Crippen LogP contribution in [0.2, 0.25) is 0 Å². The summed E-state index contributed by atoms with van der Waals surface area (Å²) >= 11 is 5.74. The summed E-state index contributed by atoms with van der Waals surface area (Å²) in [5.41, 5.74) is 0. The zero-order valence-corrected chi connectivity index (χ0v) is 8.20. The van der Waals surface area contributed by atoms with E-state index < -0.39 is 12.0 Å². The number of aliphatic carboxylic acids is 1. The molecule has 1 N–H and O–H groups in total. The maximum Gasteiger partial charge on any atom is 0.327 e. The molecule has 0 saturated carbocycles. The normalized spacial score (nSPS) is 23.3. The van der Waals surface area contributed by atoms with Crippen molar-refractivity contribution in [3.05, 3.63) is 0 Å². The highest BCUT2D eigenvalue weighted by molar-refractivity contribution is 6.22. The molecule has 0 spiro atoms. The molecule has 76 valence electrons. The smallest absolute Gasteiger partial charge is 0.327 e. The highest BCUT2D eigenvalue weighted by Gasteiger charge is 2.36. The molecule has 1 aliphatic heterocycles. The molecule has 1 rings (SSSR count). The van der Waals surface area contributed by atoms with Crippen LogP contribution in [0.25, 0.3) is 0 Å². The van der Waals surface area contributed by atoms with E-state index in [-0.39, 0.29) is 30.7 Å². The molecule has 5 heteroatoms. The van der Waals surface area contributed by atoms with Crippen molar-refractivity contribution in [3.63, 3.8) is 0 Å². The molecule has 14 heavy (non-hydrogen) atoms. The monoisotopic (exact) mass is 215 g/mol. The summed E-state index contributed by atoms with van der Waals surface area (Å²) in [4.78, 5) is 23.3. The third-order valence-corrected chi connectivity index (χ3v) is 2.38. The minimum Gasteiger partial charge on any atom is -0.480 e. The van der Waals surface area contributed by atoms with E-state index in [9.17, 15) is 9.59 Å². The Morgan fingerprint density at radius 3 is 2.86 bits per heavy atom. The van der Waals surface area contributed by atoms with Gasteiger partial charge in [-0.15, -0.1) is 23.9 Å². The van der Waals surface area contributed by atoms with Crippen molar-refractivity contribution < 1.29 is 14.7 Å². The van der Waals surface area contributed by atoms with Crippen LogP contribution in [0.5, 0.6) is 0 Å². The summed E-state index contributed by atoms with van der Waals surface area (Å²) in [7, 11) is 0. The summed E-state index contributed by atoms with van der Waals surface area (Å²) in [5, 5.41) is 8.53. The molecule has 1 aliphatic rings. The number of carbonyl (C=O) groups excluding carboxylic acids is 1. The first-order chi connectivity index (χ1) is 6.56. The van der Waals surface area contributed by atoms with Crippen molar-refractivity contribution in [3.8, 4) is 12.3 Å². The second-order valence-corrected chi connectivity index (χ2v) is 3.73. The van der Waals surface area contributed by atoms with Crippen LogP contribution < -0.4 is 0 Å². The Morgan fingerprint density at radius 2 is 2.50 bits per heavy atom. The van der Waals surface area contributed by atoms with Crippen molar-refractivity contribution in [1.29, 1.82) is 0 Å². The van der Waals surface area contributed by atoms with Crippen molar-refractivity contribution in [1.82, 2.24) is 4.90 Å². The number of rotatable bonds is 3. The quantitative estimate of drug-likeness (QED) is 0.544. The highest BCUT2D eigenvalue weighted by atomic mass is 35.5. The molecule has 1 heterocycles. The second-order valence-electron chi connectivity index (χ2n) is 3.11. The van der Waals surface area contributed by atoms with Gasteiger partial charge in [0.15, 0.2) is 0 Å². The molecule has 1 fully saturated rings. The third kappa shape index (κ3) is 2.18. The van der Waals surface area contributed by atoms with E-state index in [1.807, 2.05) is 0 Å². The highest BCUT2D eigenvalue weighted by Crippen LogP contribution is 2.20. The van der Waals surface area contributed by atoms with E-state index in [0.717, 1.165) is 0 Å². The lowest BCUT2D eigenvalue weighted by Gasteiger charge is -2.22. The lowest BCUT2D eigenvalue weighted by molar-refractivity contribution is -0.148. The van der Waals surface area contributed by atoms with Gasteiger partial charge in [0.2, 0.25) is 5.91 Å². The summed E-state index contributed by atoms with van der Waals surface area (Å²) in [5.74, 6) is 0.919. The summed E-state index contributed by atoms with van der Waals surface area (Å²) in [6.07, 6.45) is 5.24. The van der Waals surface area contributed by atoms with Gasteiger partial charge in [-0.25, -0.2) is 4.79 Å². The van der Waals surface area contributed by atoms with Gasteiger partial charge in [-0.3, -0.25) is 4.79 Å². The van der Waals surface area contributed by atoms with Crippen LogP contribution in [0, 0.1) is 12.3 Å². The molecule has 0 aliphatic carbocycles. The van der Waals surface area contributed by atoms with Gasteiger partial charge in [-0.05, 0) is 0 Å². The van der Waals surface area contributed by atoms with Crippen LogP contribution >= 0.6 is 11.6 Å². The predicted octanol–water partition coefficient (Wildman–Crippen LogP) is 0.303. The molecule has 0 bridgehead atoms. The van der Waals surface area contributed by atoms with Gasteiger partial charge in [0, 0.05) is 19.4 Å². The maximum atomic E-state index is 11.3. The van der Waals surface area contributed by atoms with E-state index in [1.54, 1.807) is 0 Å². The Kier molecular flexibility index (Phi) is 3.37. The molecule has 1 amide bonds. The number of terminal acetylenes is 1. The minimum absolute atomic E-state index is 0.0185. The number of carboxylic acids is 1. The first-order valence-electron chi connectivity index (χ1n) is 4.16. The van der Waals surface area contributed by atoms with Crippen LogP contribution in [0.3, 0.4) is 0 Å². The van der Waals surface area contributed by atoms with Crippen molar-refractivity contribution in [2.24, 2.45) is 0 Å². The first kappa shape index (κ1) is 10.9. The SMILES string of the molecule is C#CCC(C(=O)O)N1CC(Cl)CC1=O. The molecular weight excluding hydrogens is 206 g/mol. The third-order valence-electron chi connectivity index (χ3n) is 2.08. The van der Waals surface area contributed by atoms with Crippen molar-refractivity contribution in [2.75, 3.05) is 6.54 Å². The predicted molar refractivity (Wildman–Crippen MR) is 50.8 cm³/mol. The van der Waals surface area contributed by atoms with Gasteiger partial charge in [-0.2, -0.15) is 0 Å². The van der Waals surface area contributed by atoms with Crippen molar-refractivity contribution in [2.45, 2.75) is 24.3 Å². The van der Waals surface area contributed by atoms with E-state index in [2.05, 4.69) is 5.92 Å². The Balaban J connectivity index is 2.74. The van der Waals surface area contributed by atoms with Gasteiger partial charge < -0.3 is 10.0 Å². The Morgan fingerprint density at radius 1 is 1.86 bits per heavy atom. The zero-order chi connectivity index (χ0) is 10.7. The van der Waals surface area contributed by atoms with E-state index in [4.69, 9.17) is 23.1 Å². The number of alkyl halides is 1. The number of hydrogen-bond acceptors (Lipinski definition) is 2. The topological polar surface area (TPSA) is 57.6 Å². The molecule has 4 nitrogen and oxygen atoms in total. The fraction of sp³-hybridized carbons (Fsp3) is 0.556. The first-order valence-corrected chi connectivity index (χ1v) is 4.59. The Hall–Kier alpha value is -1.21. The molecule has 2 unspecified atom stereocenters. The molecule has 0 aromatic carbocycles. The van der Waals surface area contributed by atoms with Gasteiger partial charge >= 0.3 is 5.97 Å². The summed E-state index contributed by atoms with van der Waals surface area (Å²) < 4.78 is 0. The lowest BCUT2D eigenvalue weighted by atomic mass is 10.2. The number of carbonyl (C=O) groups is 2. The zero-order valence-electron chi connectivity index (χ0n) is 7.44. The van der Waals surface area contributed by atoms with E-state index in [1.165, 1.54) is 4.90 Å². The number of carboxylic acid groups (broad SMARTS) is 1. The van der Waals surface area contributed by atoms with Crippen LogP contribution in [-0.4, -0.2) is 39.8 Å². The fourth-order valence-corrected chi connectivity index (χ4v) is 1.71. The number of likely N-dealkylation sites (tertiary alicyclic amines) is 1. The second kappa shape index (κ2) is 4.34. The van der Waals surface area contributed by atoms with Crippen LogP contribution in [0.1, 0.15) is 12.8 Å². The number of amides is 1. The fourth-order valence-electron chi connectivity index (χ4n) is 1.43. The van der Waals surface area contributed by atoms with Gasteiger partial charge in [-0.1, -0.05) is 0 Å². The summed E-state index contributed by atoms with van der Waals surface area (Å²) in [6, 6.07) is -0.934. The number of nitrogens with zero attached hydrogens (tertiary/aromatic N) is 1. The molecular formula is C9H10ClNO3. The van der Waals surface area contributed by atoms with Gasteiger partial charge in [0.1, 0.15) is 6.04 Å². The largest absolute Gasteiger partial charge is 0.480 e. The Labute approximate surface area is 86.8 Å². The van der Waals surface area contributed by atoms with Crippen LogP contribution in [0.4, 0.5) is 0 Å². The minimum atomic E-state index is -1.08. The van der Waals surface area contributed by atoms with Crippen LogP contribution in [-0.2, 0) is 9.59 Å². The van der Waals surface area contributed by atoms with E-state index >= 15 is 0 Å². The average molecular weight is 216 g/mol. The molecule has 0 aromatic rings. The molecule has 2 atom stereocenters. The lowest BCUT2D eigenvalue weighted by Crippen LogP contribution is -2.42. The molecule has 1 saturated heterocycles. The average Bonchev–Trinajstić information content (AvgIpc) is 2.40. The molecule has 0 radical (unpaired) electrons. The number of hydrogen-bond donors (Lipinski definition) is 1. The van der Waals surface area contributed by atoms with E-state index in [0.29, 0.717) is 0 Å².